The summed E-state index contributed by atoms with van der Waals surface area (Å²) in [7, 11) is 0. The lowest BCUT2D eigenvalue weighted by molar-refractivity contribution is -0.631. The molecular weight excluding hydrogens is 310 g/mol. The second kappa shape index (κ2) is 5.82. The molecule has 2 aromatic carbocycles. The fraction of sp³-hybridized carbons (Fsp3) is 0.133. The van der Waals surface area contributed by atoms with E-state index in [1.165, 1.54) is 36.4 Å². The molecule has 2 atom stereocenters. The van der Waals surface area contributed by atoms with E-state index in [0.29, 0.717) is 10.3 Å². The van der Waals surface area contributed by atoms with Crippen LogP contribution in [0, 0.1) is 16.5 Å². The average molecular weight is 321 g/mol. The van der Waals surface area contributed by atoms with Crippen LogP contribution in [-0.4, -0.2) is 15.8 Å². The molecule has 0 radical (unpaired) electrons. The molecule has 1 aliphatic rings. The largest absolute Gasteiger partial charge is 0.478 e. The van der Waals surface area contributed by atoms with Crippen LogP contribution in [0.3, 0.4) is 0 Å². The van der Waals surface area contributed by atoms with Crippen molar-refractivity contribution in [2.75, 3.05) is 0 Å². The van der Waals surface area contributed by atoms with Gasteiger partial charge >= 0.3 is 18.4 Å². The zero-order valence-corrected chi connectivity index (χ0v) is 11.6. The van der Waals surface area contributed by atoms with E-state index >= 15 is 0 Å². The van der Waals surface area contributed by atoms with Crippen LogP contribution in [0.25, 0.3) is 0 Å². The molecule has 2 aromatic rings. The van der Waals surface area contributed by atoms with E-state index in [1.807, 2.05) is 0 Å². The molecule has 1 fully saturated rings. The Hall–Kier alpha value is -2.71. The van der Waals surface area contributed by atoms with Gasteiger partial charge in [-0.3, -0.25) is 0 Å². The molecule has 0 aromatic heterocycles. The lowest BCUT2D eigenvalue weighted by atomic mass is 10.1. The number of carboxylic acid groups (broad SMARTS) is 1. The van der Waals surface area contributed by atoms with Crippen LogP contribution in [0.4, 0.5) is 8.78 Å². The molecule has 118 valence electrons. The molecule has 2 N–H and O–H groups in total. The zero-order chi connectivity index (χ0) is 16.6. The molecule has 0 amide bonds. The van der Waals surface area contributed by atoms with Crippen LogP contribution in [0.5, 0.6) is 0 Å². The summed E-state index contributed by atoms with van der Waals surface area (Å²) >= 11 is 0. The van der Waals surface area contributed by atoms with Crippen molar-refractivity contribution in [3.63, 3.8) is 0 Å². The maximum Gasteiger partial charge on any atom is 0.352 e. The van der Waals surface area contributed by atoms with E-state index in [4.69, 9.17) is 9.94 Å². The van der Waals surface area contributed by atoms with Crippen LogP contribution in [0.15, 0.2) is 42.5 Å². The highest BCUT2D eigenvalue weighted by molar-refractivity contribution is 5.87. The molecule has 0 aliphatic carbocycles. The van der Waals surface area contributed by atoms with Gasteiger partial charge in [0.25, 0.3) is 0 Å². The molecule has 6 nitrogen and oxygen atoms in total. The van der Waals surface area contributed by atoms with Gasteiger partial charge in [0.05, 0.1) is 15.9 Å². The third kappa shape index (κ3) is 2.69. The van der Waals surface area contributed by atoms with Crippen molar-refractivity contribution in [3.8, 4) is 0 Å². The second-order valence-electron chi connectivity index (χ2n) is 4.92. The molecule has 0 spiro atoms. The number of rotatable bonds is 3. The van der Waals surface area contributed by atoms with Gasteiger partial charge in [0.1, 0.15) is 0 Å². The summed E-state index contributed by atoms with van der Waals surface area (Å²) in [6.45, 7) is 0. The molecule has 0 saturated carbocycles. The standard InChI is InChI=1S/C15H10F2N2O4/c16-11-6-2-5-10(12(11)17)14-19(22)13(18-23-14)8-3-1-4-9(7-8)15(20)21/h1-7,13-14,18H/p+1. The third-order valence-corrected chi connectivity index (χ3v) is 3.47. The number of aromatic carboxylic acids is 1. The predicted molar refractivity (Wildman–Crippen MR) is 73.1 cm³/mol. The predicted octanol–water partition coefficient (Wildman–Crippen LogP) is 2.67. The second-order valence-corrected chi connectivity index (χ2v) is 4.92. The Bertz CT molecular complexity index is 797. The van der Waals surface area contributed by atoms with Gasteiger partial charge in [-0.15, -0.1) is 5.48 Å². The van der Waals surface area contributed by atoms with Gasteiger partial charge in [0.15, 0.2) is 11.6 Å². The molecule has 23 heavy (non-hydrogen) atoms. The number of carbonyl (C=O) groups is 1. The van der Waals surface area contributed by atoms with Crippen molar-refractivity contribution in [3.05, 3.63) is 75.7 Å². The molecule has 8 heteroatoms. The molecule has 0 bridgehead atoms. The number of hydrogen-bond acceptors (Lipinski definition) is 4. The molecule has 1 saturated heterocycles. The van der Waals surface area contributed by atoms with Crippen LogP contribution in [0.2, 0.25) is 0 Å². The number of nitroso groups, excluding NO2 is 1. The van der Waals surface area contributed by atoms with Crippen LogP contribution in [-0.2, 0) is 4.84 Å². The lowest BCUT2D eigenvalue weighted by Gasteiger charge is -2.04. The summed E-state index contributed by atoms with van der Waals surface area (Å²) < 4.78 is 27.5. The first-order valence-corrected chi connectivity index (χ1v) is 6.63. The molecular formula is C15H11F2N2O4+. The van der Waals surface area contributed by atoms with Gasteiger partial charge in [-0.2, -0.15) is 0 Å². The summed E-state index contributed by atoms with van der Waals surface area (Å²) in [4.78, 5) is 28.4. The maximum absolute atomic E-state index is 13.8. The topological polar surface area (TPSA) is 78.6 Å². The number of carboxylic acids is 1. The van der Waals surface area contributed by atoms with Gasteiger partial charge in [0, 0.05) is 10.5 Å². The number of nitrogens with one attached hydrogen (secondary N) is 1. The monoisotopic (exact) mass is 321 g/mol. The van der Waals surface area contributed by atoms with E-state index in [-0.39, 0.29) is 11.1 Å². The Balaban J connectivity index is 1.91. The zero-order valence-electron chi connectivity index (χ0n) is 11.6. The fourth-order valence-corrected chi connectivity index (χ4v) is 2.34. The highest BCUT2D eigenvalue weighted by atomic mass is 19.2. The van der Waals surface area contributed by atoms with Crippen LogP contribution >= 0.6 is 0 Å². The van der Waals surface area contributed by atoms with Crippen molar-refractivity contribution < 1.29 is 28.3 Å². The lowest BCUT2D eigenvalue weighted by Crippen LogP contribution is -2.19. The SMILES string of the molecule is O=C(O)c1cccc(C2NOC(c3cccc(F)c3F)[N+]2=O)c1. The van der Waals surface area contributed by atoms with E-state index in [2.05, 4.69) is 5.48 Å². The Labute approximate surface area is 128 Å². The fourth-order valence-electron chi connectivity index (χ4n) is 2.34. The third-order valence-electron chi connectivity index (χ3n) is 3.47. The van der Waals surface area contributed by atoms with Gasteiger partial charge in [-0.05, 0) is 24.3 Å². The van der Waals surface area contributed by atoms with Gasteiger partial charge < -0.3 is 5.11 Å². The van der Waals surface area contributed by atoms with Crippen LogP contribution in [0.1, 0.15) is 33.9 Å². The normalized spacial score (nSPS) is 20.7. The highest BCUT2D eigenvalue weighted by Gasteiger charge is 2.46. The first-order chi connectivity index (χ1) is 11.0. The van der Waals surface area contributed by atoms with Crippen molar-refractivity contribution in [1.29, 1.82) is 0 Å². The summed E-state index contributed by atoms with van der Waals surface area (Å²) in [5.74, 6) is -3.40. The first-order valence-electron chi connectivity index (χ1n) is 6.63. The molecule has 3 rings (SSSR count). The van der Waals surface area contributed by atoms with E-state index in [0.717, 1.165) is 6.07 Å². The van der Waals surface area contributed by atoms with E-state index in [1.54, 1.807) is 0 Å². The quantitative estimate of drug-likeness (QED) is 0.850. The Morgan fingerprint density at radius 3 is 2.70 bits per heavy atom. The number of hydrogen-bond donors (Lipinski definition) is 2. The molecule has 1 heterocycles. The average Bonchev–Trinajstić information content (AvgIpc) is 2.92. The van der Waals surface area contributed by atoms with Gasteiger partial charge in [0.2, 0.25) is 0 Å². The summed E-state index contributed by atoms with van der Waals surface area (Å²) in [5, 5.41) is 8.98. The minimum atomic E-state index is -1.39. The highest BCUT2D eigenvalue weighted by Crippen LogP contribution is 2.33. The minimum Gasteiger partial charge on any atom is -0.478 e. The molecule has 2 unspecified atom stereocenters. The van der Waals surface area contributed by atoms with Gasteiger partial charge in [-0.1, -0.05) is 18.2 Å². The number of hydroxylamine groups is 1. The summed E-state index contributed by atoms with van der Waals surface area (Å²) in [6, 6.07) is 9.13. The molecule has 1 aliphatic heterocycles. The van der Waals surface area contributed by atoms with Crippen molar-refractivity contribution in [2.45, 2.75) is 12.4 Å². The Kier molecular flexibility index (Phi) is 3.85. The first kappa shape index (κ1) is 15.2. The van der Waals surface area contributed by atoms with Crippen LogP contribution < -0.4 is 5.48 Å². The summed E-state index contributed by atoms with van der Waals surface area (Å²) in [5.41, 5.74) is 2.50. The minimum absolute atomic E-state index is 0.00177. The number of halogens is 2. The van der Waals surface area contributed by atoms with E-state index in [9.17, 15) is 18.5 Å². The number of benzene rings is 2. The van der Waals surface area contributed by atoms with E-state index < -0.39 is 30.0 Å². The Morgan fingerprint density at radius 2 is 1.96 bits per heavy atom. The van der Waals surface area contributed by atoms with Gasteiger partial charge in [-0.25, -0.2) is 18.4 Å². The number of nitrogens with zero attached hydrogens (tertiary/aromatic N) is 1. The Morgan fingerprint density at radius 1 is 1.22 bits per heavy atom. The van der Waals surface area contributed by atoms with Crippen molar-refractivity contribution in [2.24, 2.45) is 0 Å². The van der Waals surface area contributed by atoms with Crippen molar-refractivity contribution >= 4 is 5.97 Å². The smallest absolute Gasteiger partial charge is 0.352 e. The van der Waals surface area contributed by atoms with Crippen molar-refractivity contribution in [1.82, 2.24) is 5.48 Å². The maximum atomic E-state index is 13.8. The summed E-state index contributed by atoms with van der Waals surface area (Å²) in [6.07, 6.45) is -2.42.